The quantitative estimate of drug-likeness (QED) is 0.650. The van der Waals surface area contributed by atoms with E-state index in [0.29, 0.717) is 23.1 Å². The number of nitrogen functional groups attached to an aromatic ring is 1. The maximum atomic E-state index is 7.51. The lowest BCUT2D eigenvalue weighted by Crippen LogP contribution is -2.12. The van der Waals surface area contributed by atoms with Gasteiger partial charge in [-0.2, -0.15) is 0 Å². The van der Waals surface area contributed by atoms with E-state index in [0.717, 1.165) is 0 Å². The number of hydrogen-bond donors (Lipinski definition) is 2. The van der Waals surface area contributed by atoms with Gasteiger partial charge in [-0.3, -0.25) is 5.41 Å². The minimum atomic E-state index is -0.0527. The number of rotatable bonds is 4. The molecule has 0 atom stereocenters. The molecule has 1 heterocycles. The Bertz CT molecular complexity index is 593. The number of nitrogens with two attached hydrogens (primary N) is 1. The SMILES string of the molecule is CC(C)c1cccc(Oc2ncccc2C(=N)N)c1. The summed E-state index contributed by atoms with van der Waals surface area (Å²) >= 11 is 0. The van der Waals surface area contributed by atoms with E-state index in [2.05, 4.69) is 24.9 Å². The maximum Gasteiger partial charge on any atom is 0.230 e. The first-order chi connectivity index (χ1) is 9.08. The van der Waals surface area contributed by atoms with E-state index in [1.165, 1.54) is 5.56 Å². The topological polar surface area (TPSA) is 72.0 Å². The van der Waals surface area contributed by atoms with Crippen LogP contribution in [0.3, 0.4) is 0 Å². The molecule has 98 valence electrons. The first-order valence-electron chi connectivity index (χ1n) is 6.15. The molecular formula is C15H17N3O. The van der Waals surface area contributed by atoms with E-state index in [4.69, 9.17) is 15.9 Å². The summed E-state index contributed by atoms with van der Waals surface area (Å²) in [5, 5.41) is 7.51. The van der Waals surface area contributed by atoms with Gasteiger partial charge in [0.05, 0.1) is 5.56 Å². The molecule has 0 aliphatic carbocycles. The molecule has 0 bridgehead atoms. The Morgan fingerprint density at radius 1 is 1.26 bits per heavy atom. The summed E-state index contributed by atoms with van der Waals surface area (Å²) in [6, 6.07) is 11.3. The molecule has 2 aromatic rings. The number of aromatic nitrogens is 1. The van der Waals surface area contributed by atoms with Crippen LogP contribution in [0.15, 0.2) is 42.6 Å². The minimum Gasteiger partial charge on any atom is -0.438 e. The fourth-order valence-electron chi connectivity index (χ4n) is 1.73. The fourth-order valence-corrected chi connectivity index (χ4v) is 1.73. The summed E-state index contributed by atoms with van der Waals surface area (Å²) in [4.78, 5) is 4.13. The summed E-state index contributed by atoms with van der Waals surface area (Å²) in [6.45, 7) is 4.25. The van der Waals surface area contributed by atoms with Gasteiger partial charge < -0.3 is 10.5 Å². The molecule has 0 aliphatic rings. The van der Waals surface area contributed by atoms with Gasteiger partial charge in [0.15, 0.2) is 0 Å². The molecule has 1 aromatic heterocycles. The third-order valence-electron chi connectivity index (χ3n) is 2.80. The summed E-state index contributed by atoms with van der Waals surface area (Å²) in [5.41, 5.74) is 7.20. The Labute approximate surface area is 112 Å². The van der Waals surface area contributed by atoms with Gasteiger partial charge in [0.1, 0.15) is 11.6 Å². The normalized spacial score (nSPS) is 10.5. The number of ether oxygens (including phenoxy) is 1. The van der Waals surface area contributed by atoms with Crippen molar-refractivity contribution in [2.75, 3.05) is 0 Å². The van der Waals surface area contributed by atoms with Gasteiger partial charge in [-0.1, -0.05) is 26.0 Å². The molecule has 3 N–H and O–H groups in total. The Balaban J connectivity index is 2.31. The fraction of sp³-hybridized carbons (Fsp3) is 0.200. The van der Waals surface area contributed by atoms with Crippen molar-refractivity contribution >= 4 is 5.84 Å². The van der Waals surface area contributed by atoms with Crippen LogP contribution >= 0.6 is 0 Å². The average Bonchev–Trinajstić information content (AvgIpc) is 2.39. The first kappa shape index (κ1) is 13.1. The van der Waals surface area contributed by atoms with Crippen LogP contribution < -0.4 is 10.5 Å². The van der Waals surface area contributed by atoms with Crippen molar-refractivity contribution in [3.05, 3.63) is 53.7 Å². The van der Waals surface area contributed by atoms with Crippen LogP contribution in [-0.4, -0.2) is 10.8 Å². The van der Waals surface area contributed by atoms with E-state index in [-0.39, 0.29) is 5.84 Å². The second-order valence-electron chi connectivity index (χ2n) is 4.60. The number of amidine groups is 1. The van der Waals surface area contributed by atoms with Crippen molar-refractivity contribution < 1.29 is 4.74 Å². The molecule has 0 amide bonds. The van der Waals surface area contributed by atoms with Gasteiger partial charge >= 0.3 is 0 Å². The van der Waals surface area contributed by atoms with Gasteiger partial charge in [0.2, 0.25) is 5.88 Å². The molecule has 0 unspecified atom stereocenters. The maximum absolute atomic E-state index is 7.51. The van der Waals surface area contributed by atoms with E-state index in [1.54, 1.807) is 18.3 Å². The summed E-state index contributed by atoms with van der Waals surface area (Å²) < 4.78 is 5.73. The molecule has 0 radical (unpaired) electrons. The van der Waals surface area contributed by atoms with Gasteiger partial charge in [-0.25, -0.2) is 4.98 Å². The van der Waals surface area contributed by atoms with E-state index < -0.39 is 0 Å². The Morgan fingerprint density at radius 3 is 2.74 bits per heavy atom. The predicted molar refractivity (Wildman–Crippen MR) is 75.9 cm³/mol. The number of nitrogens with zero attached hydrogens (tertiary/aromatic N) is 1. The Hall–Kier alpha value is -2.36. The first-order valence-corrected chi connectivity index (χ1v) is 6.15. The number of hydrogen-bond acceptors (Lipinski definition) is 3. The zero-order valence-corrected chi connectivity index (χ0v) is 11.1. The Kier molecular flexibility index (Phi) is 3.80. The van der Waals surface area contributed by atoms with Gasteiger partial charge in [0.25, 0.3) is 0 Å². The van der Waals surface area contributed by atoms with Crippen LogP contribution in [-0.2, 0) is 0 Å². The van der Waals surface area contributed by atoms with Crippen molar-refractivity contribution in [2.45, 2.75) is 19.8 Å². The van der Waals surface area contributed by atoms with Crippen LogP contribution in [0.2, 0.25) is 0 Å². The van der Waals surface area contributed by atoms with Gasteiger partial charge in [-0.15, -0.1) is 0 Å². The van der Waals surface area contributed by atoms with Crippen molar-refractivity contribution in [3.8, 4) is 11.6 Å². The van der Waals surface area contributed by atoms with E-state index in [9.17, 15) is 0 Å². The molecular weight excluding hydrogens is 238 g/mol. The number of pyridine rings is 1. The molecule has 0 fully saturated rings. The van der Waals surface area contributed by atoms with Crippen LogP contribution in [0.5, 0.6) is 11.6 Å². The zero-order chi connectivity index (χ0) is 13.8. The smallest absolute Gasteiger partial charge is 0.230 e. The largest absolute Gasteiger partial charge is 0.438 e. The molecule has 0 spiro atoms. The predicted octanol–water partition coefficient (Wildman–Crippen LogP) is 3.28. The molecule has 0 saturated heterocycles. The molecule has 1 aromatic carbocycles. The van der Waals surface area contributed by atoms with Crippen LogP contribution in [0.25, 0.3) is 0 Å². The van der Waals surface area contributed by atoms with E-state index >= 15 is 0 Å². The Morgan fingerprint density at radius 2 is 2.05 bits per heavy atom. The lowest BCUT2D eigenvalue weighted by Gasteiger charge is -2.11. The summed E-state index contributed by atoms with van der Waals surface area (Å²) in [6.07, 6.45) is 1.62. The lowest BCUT2D eigenvalue weighted by atomic mass is 10.0. The highest BCUT2D eigenvalue weighted by Crippen LogP contribution is 2.25. The monoisotopic (exact) mass is 255 g/mol. The van der Waals surface area contributed by atoms with Crippen LogP contribution in [0.1, 0.15) is 30.9 Å². The van der Waals surface area contributed by atoms with E-state index in [1.807, 2.05) is 18.2 Å². The number of nitrogens with one attached hydrogen (secondary N) is 1. The van der Waals surface area contributed by atoms with Crippen molar-refractivity contribution in [1.82, 2.24) is 4.98 Å². The minimum absolute atomic E-state index is 0.0527. The standard InChI is InChI=1S/C15H17N3O/c1-10(2)11-5-3-6-12(9-11)19-15-13(14(16)17)7-4-8-18-15/h3-10H,1-2H3,(H3,16,17). The van der Waals surface area contributed by atoms with Crippen molar-refractivity contribution in [1.29, 1.82) is 5.41 Å². The highest BCUT2D eigenvalue weighted by Gasteiger charge is 2.09. The highest BCUT2D eigenvalue weighted by molar-refractivity contribution is 5.97. The third-order valence-corrected chi connectivity index (χ3v) is 2.80. The third kappa shape index (κ3) is 3.10. The van der Waals surface area contributed by atoms with Crippen molar-refractivity contribution in [2.24, 2.45) is 5.73 Å². The lowest BCUT2D eigenvalue weighted by molar-refractivity contribution is 0.461. The second kappa shape index (κ2) is 5.52. The molecule has 4 nitrogen and oxygen atoms in total. The van der Waals surface area contributed by atoms with Crippen molar-refractivity contribution in [3.63, 3.8) is 0 Å². The molecule has 0 saturated carbocycles. The van der Waals surface area contributed by atoms with Crippen LogP contribution in [0, 0.1) is 5.41 Å². The average molecular weight is 255 g/mol. The van der Waals surface area contributed by atoms with Gasteiger partial charge in [-0.05, 0) is 35.7 Å². The summed E-state index contributed by atoms with van der Waals surface area (Å²) in [7, 11) is 0. The summed E-state index contributed by atoms with van der Waals surface area (Å²) in [5.74, 6) is 1.44. The number of benzene rings is 1. The zero-order valence-electron chi connectivity index (χ0n) is 11.1. The molecule has 2 rings (SSSR count). The molecule has 4 heteroatoms. The molecule has 0 aliphatic heterocycles. The molecule has 19 heavy (non-hydrogen) atoms. The second-order valence-corrected chi connectivity index (χ2v) is 4.60. The highest BCUT2D eigenvalue weighted by atomic mass is 16.5. The van der Waals surface area contributed by atoms with Crippen LogP contribution in [0.4, 0.5) is 0 Å². The van der Waals surface area contributed by atoms with Gasteiger partial charge in [0, 0.05) is 6.20 Å².